The van der Waals surface area contributed by atoms with Crippen LogP contribution in [0.15, 0.2) is 29.1 Å². The summed E-state index contributed by atoms with van der Waals surface area (Å²) in [6, 6.07) is 7.64. The first-order chi connectivity index (χ1) is 8.25. The molecule has 0 amide bonds. The number of H-pyrrole nitrogens is 1. The van der Waals surface area contributed by atoms with Crippen molar-refractivity contribution in [1.29, 1.82) is 0 Å². The van der Waals surface area contributed by atoms with Crippen LogP contribution in [-0.2, 0) is 0 Å². The number of pyridine rings is 1. The summed E-state index contributed by atoms with van der Waals surface area (Å²) in [5.74, 6) is 0.321. The molecule has 1 aromatic carbocycles. The molecule has 0 bridgehead atoms. The Balaban J connectivity index is 2.20. The molecule has 0 spiro atoms. The Morgan fingerprint density at radius 3 is 3.00 bits per heavy atom. The highest BCUT2D eigenvalue weighted by molar-refractivity contribution is 6.35. The highest BCUT2D eigenvalue weighted by Gasteiger charge is 2.20. The second-order valence-electron chi connectivity index (χ2n) is 4.45. The fourth-order valence-electron chi connectivity index (χ4n) is 2.44. The summed E-state index contributed by atoms with van der Waals surface area (Å²) in [5.41, 5.74) is 1.58. The van der Waals surface area contributed by atoms with Gasteiger partial charge in [0.2, 0.25) is 0 Å². The molecule has 3 nitrogen and oxygen atoms in total. The molecule has 0 aliphatic carbocycles. The molecular formula is C13H13ClN2O. The summed E-state index contributed by atoms with van der Waals surface area (Å²) in [5, 5.41) is 4.87. The summed E-state index contributed by atoms with van der Waals surface area (Å²) < 4.78 is 0. The Morgan fingerprint density at radius 2 is 2.24 bits per heavy atom. The van der Waals surface area contributed by atoms with Gasteiger partial charge in [-0.3, -0.25) is 4.79 Å². The number of hydrogen-bond acceptors (Lipinski definition) is 2. The van der Waals surface area contributed by atoms with Gasteiger partial charge in [0.15, 0.2) is 0 Å². The molecular weight excluding hydrogens is 236 g/mol. The fourth-order valence-corrected chi connectivity index (χ4v) is 2.66. The lowest BCUT2D eigenvalue weighted by atomic mass is 9.98. The van der Waals surface area contributed by atoms with Crippen LogP contribution in [-0.4, -0.2) is 18.1 Å². The molecule has 2 aromatic rings. The number of halogens is 1. The largest absolute Gasteiger partial charge is 0.320 e. The van der Waals surface area contributed by atoms with E-state index in [2.05, 4.69) is 10.3 Å². The van der Waals surface area contributed by atoms with Gasteiger partial charge in [0.25, 0.3) is 5.56 Å². The minimum atomic E-state index is -0.0145. The average molecular weight is 249 g/mol. The van der Waals surface area contributed by atoms with Gasteiger partial charge in [-0.2, -0.15) is 0 Å². The highest BCUT2D eigenvalue weighted by atomic mass is 35.5. The molecule has 1 fully saturated rings. The lowest BCUT2D eigenvalue weighted by Gasteiger charge is -2.09. The Kier molecular flexibility index (Phi) is 2.65. The second kappa shape index (κ2) is 4.17. The number of para-hydroxylation sites is 1. The smallest absolute Gasteiger partial charge is 0.251 e. The predicted molar refractivity (Wildman–Crippen MR) is 69.8 cm³/mol. The third kappa shape index (κ3) is 1.85. The van der Waals surface area contributed by atoms with Crippen LogP contribution in [0.5, 0.6) is 0 Å². The van der Waals surface area contributed by atoms with E-state index in [1.54, 1.807) is 6.07 Å². The van der Waals surface area contributed by atoms with Crippen molar-refractivity contribution in [2.45, 2.75) is 12.3 Å². The normalized spacial score (nSPS) is 19.9. The van der Waals surface area contributed by atoms with Crippen LogP contribution in [0, 0.1) is 0 Å². The van der Waals surface area contributed by atoms with Crippen LogP contribution >= 0.6 is 11.6 Å². The van der Waals surface area contributed by atoms with Crippen LogP contribution < -0.4 is 10.9 Å². The topological polar surface area (TPSA) is 44.9 Å². The van der Waals surface area contributed by atoms with E-state index in [4.69, 9.17) is 11.6 Å². The van der Waals surface area contributed by atoms with Gasteiger partial charge in [-0.15, -0.1) is 0 Å². The fraction of sp³-hybridized carbons (Fsp3) is 0.308. The number of rotatable bonds is 1. The van der Waals surface area contributed by atoms with Crippen molar-refractivity contribution in [1.82, 2.24) is 10.3 Å². The molecule has 0 radical (unpaired) electrons. The van der Waals surface area contributed by atoms with Gasteiger partial charge in [0, 0.05) is 23.4 Å². The molecule has 0 saturated carbocycles. The zero-order chi connectivity index (χ0) is 11.8. The van der Waals surface area contributed by atoms with Crippen molar-refractivity contribution >= 4 is 22.5 Å². The van der Waals surface area contributed by atoms with Crippen molar-refractivity contribution in [2.24, 2.45) is 0 Å². The van der Waals surface area contributed by atoms with Crippen molar-refractivity contribution in [3.05, 3.63) is 45.2 Å². The second-order valence-corrected chi connectivity index (χ2v) is 4.85. The van der Waals surface area contributed by atoms with Gasteiger partial charge in [-0.25, -0.2) is 0 Å². The van der Waals surface area contributed by atoms with Crippen LogP contribution in [0.3, 0.4) is 0 Å². The number of aromatic amines is 1. The highest BCUT2D eigenvalue weighted by Crippen LogP contribution is 2.25. The number of nitrogens with one attached hydrogen (secondary N) is 2. The lowest BCUT2D eigenvalue weighted by Crippen LogP contribution is -2.18. The van der Waals surface area contributed by atoms with Gasteiger partial charge in [0.1, 0.15) is 0 Å². The standard InChI is InChI=1S/C13H13ClN2O/c14-11-3-1-2-8-6-10(9-4-5-15-7-9)13(17)16-12(8)11/h1-3,6,9,15H,4-5,7H2,(H,16,17). The van der Waals surface area contributed by atoms with E-state index < -0.39 is 0 Å². The van der Waals surface area contributed by atoms with Gasteiger partial charge in [-0.1, -0.05) is 23.7 Å². The molecule has 1 aromatic heterocycles. The number of fused-ring (bicyclic) bond motifs is 1. The molecule has 2 N–H and O–H groups in total. The molecule has 4 heteroatoms. The SMILES string of the molecule is O=c1[nH]c2c(Cl)cccc2cc1C1CCNC1. The monoisotopic (exact) mass is 248 g/mol. The summed E-state index contributed by atoms with van der Waals surface area (Å²) in [6.45, 7) is 1.87. The van der Waals surface area contributed by atoms with Crippen molar-refractivity contribution < 1.29 is 0 Å². The Labute approximate surface area is 104 Å². The lowest BCUT2D eigenvalue weighted by molar-refractivity contribution is 0.753. The summed E-state index contributed by atoms with van der Waals surface area (Å²) in [7, 11) is 0. The van der Waals surface area contributed by atoms with Crippen LogP contribution in [0.4, 0.5) is 0 Å². The van der Waals surface area contributed by atoms with Crippen LogP contribution in [0.1, 0.15) is 17.9 Å². The van der Waals surface area contributed by atoms with Crippen molar-refractivity contribution in [2.75, 3.05) is 13.1 Å². The van der Waals surface area contributed by atoms with Gasteiger partial charge < -0.3 is 10.3 Å². The molecule has 88 valence electrons. The molecule has 1 aliphatic heterocycles. The minimum Gasteiger partial charge on any atom is -0.320 e. The Hall–Kier alpha value is -1.32. The van der Waals surface area contributed by atoms with Gasteiger partial charge in [-0.05, 0) is 25.1 Å². The van der Waals surface area contributed by atoms with Gasteiger partial charge >= 0.3 is 0 Å². The zero-order valence-electron chi connectivity index (χ0n) is 9.29. The average Bonchev–Trinajstić information content (AvgIpc) is 2.83. The summed E-state index contributed by atoms with van der Waals surface area (Å²) >= 11 is 6.06. The van der Waals surface area contributed by atoms with E-state index >= 15 is 0 Å². The minimum absolute atomic E-state index is 0.0145. The third-order valence-corrected chi connectivity index (χ3v) is 3.67. The van der Waals surface area contributed by atoms with E-state index in [1.807, 2.05) is 18.2 Å². The third-order valence-electron chi connectivity index (χ3n) is 3.36. The molecule has 17 heavy (non-hydrogen) atoms. The number of aromatic nitrogens is 1. The maximum absolute atomic E-state index is 12.0. The van der Waals surface area contributed by atoms with Crippen LogP contribution in [0.25, 0.3) is 10.9 Å². The molecule has 1 saturated heterocycles. The molecule has 2 heterocycles. The van der Waals surface area contributed by atoms with Crippen LogP contribution in [0.2, 0.25) is 5.02 Å². The summed E-state index contributed by atoms with van der Waals surface area (Å²) in [6.07, 6.45) is 1.02. The molecule has 1 unspecified atom stereocenters. The first-order valence-corrected chi connectivity index (χ1v) is 6.15. The van der Waals surface area contributed by atoms with E-state index in [0.29, 0.717) is 10.9 Å². The molecule has 1 atom stereocenters. The first kappa shape index (κ1) is 10.8. The maximum atomic E-state index is 12.0. The Morgan fingerprint density at radius 1 is 1.35 bits per heavy atom. The van der Waals surface area contributed by atoms with E-state index in [-0.39, 0.29) is 5.56 Å². The van der Waals surface area contributed by atoms with Crippen molar-refractivity contribution in [3.63, 3.8) is 0 Å². The number of benzene rings is 1. The zero-order valence-corrected chi connectivity index (χ0v) is 10.1. The van der Waals surface area contributed by atoms with Crippen molar-refractivity contribution in [3.8, 4) is 0 Å². The summed E-state index contributed by atoms with van der Waals surface area (Å²) in [4.78, 5) is 14.9. The Bertz CT molecular complexity index is 614. The maximum Gasteiger partial charge on any atom is 0.251 e. The predicted octanol–water partition coefficient (Wildman–Crippen LogP) is 2.26. The molecule has 3 rings (SSSR count). The van der Waals surface area contributed by atoms with E-state index in [1.165, 1.54) is 0 Å². The first-order valence-electron chi connectivity index (χ1n) is 5.78. The number of hydrogen-bond donors (Lipinski definition) is 2. The van der Waals surface area contributed by atoms with E-state index in [9.17, 15) is 4.79 Å². The van der Waals surface area contributed by atoms with E-state index in [0.717, 1.165) is 36.0 Å². The van der Waals surface area contributed by atoms with Gasteiger partial charge in [0.05, 0.1) is 10.5 Å². The quantitative estimate of drug-likeness (QED) is 0.813. The molecule has 1 aliphatic rings.